The molecule has 0 aliphatic rings. The van der Waals surface area contributed by atoms with Crippen molar-refractivity contribution in [2.75, 3.05) is 12.4 Å². The van der Waals surface area contributed by atoms with Gasteiger partial charge in [0.25, 0.3) is 5.91 Å². The first-order valence-electron chi connectivity index (χ1n) is 8.90. The van der Waals surface area contributed by atoms with Gasteiger partial charge in [0.05, 0.1) is 18.6 Å². The summed E-state index contributed by atoms with van der Waals surface area (Å²) in [5.74, 6) is 1.70. The van der Waals surface area contributed by atoms with E-state index in [4.69, 9.17) is 4.74 Å². The summed E-state index contributed by atoms with van der Waals surface area (Å²) in [4.78, 5) is 11.9. The van der Waals surface area contributed by atoms with E-state index in [0.29, 0.717) is 6.61 Å². The molecular weight excluding hydrogens is 424 g/mol. The second kappa shape index (κ2) is 11.6. The maximum atomic E-state index is 11.9. The van der Waals surface area contributed by atoms with Gasteiger partial charge in [0.15, 0.2) is 8.68 Å². The number of amides is 1. The number of carbonyl (C=O) groups is 1. The SMILES string of the molecule is CCOc1ccc(C=NNC(=O)CSc2nnc(SCc3ccccc3)s2)cc1. The second-order valence-electron chi connectivity index (χ2n) is 5.69. The average molecular weight is 445 g/mol. The zero-order valence-electron chi connectivity index (χ0n) is 15.8. The highest BCUT2D eigenvalue weighted by atomic mass is 32.2. The van der Waals surface area contributed by atoms with Crippen LogP contribution in [0.15, 0.2) is 68.4 Å². The van der Waals surface area contributed by atoms with Gasteiger partial charge in [-0.05, 0) is 42.3 Å². The third kappa shape index (κ3) is 7.52. The highest BCUT2D eigenvalue weighted by Crippen LogP contribution is 2.30. The highest BCUT2D eigenvalue weighted by molar-refractivity contribution is 8.03. The molecule has 150 valence electrons. The molecule has 29 heavy (non-hydrogen) atoms. The van der Waals surface area contributed by atoms with E-state index >= 15 is 0 Å². The molecule has 0 fully saturated rings. The molecule has 0 aliphatic heterocycles. The quantitative estimate of drug-likeness (QED) is 0.282. The van der Waals surface area contributed by atoms with Gasteiger partial charge in [0.2, 0.25) is 0 Å². The second-order valence-corrected chi connectivity index (χ2v) is 9.11. The molecule has 3 aromatic rings. The Morgan fingerprint density at radius 2 is 1.83 bits per heavy atom. The van der Waals surface area contributed by atoms with Crippen molar-refractivity contribution in [3.05, 3.63) is 65.7 Å². The van der Waals surface area contributed by atoms with Crippen LogP contribution in [0.1, 0.15) is 18.1 Å². The fraction of sp³-hybridized carbons (Fsp3) is 0.200. The molecule has 1 N–H and O–H groups in total. The summed E-state index contributed by atoms with van der Waals surface area (Å²) in [5.41, 5.74) is 4.65. The lowest BCUT2D eigenvalue weighted by Gasteiger charge is -2.02. The number of carbonyl (C=O) groups excluding carboxylic acids is 1. The minimum Gasteiger partial charge on any atom is -0.494 e. The monoisotopic (exact) mass is 444 g/mol. The number of ether oxygens (including phenoxy) is 1. The van der Waals surface area contributed by atoms with Gasteiger partial charge in [0, 0.05) is 5.75 Å². The number of nitrogens with one attached hydrogen (secondary N) is 1. The van der Waals surface area contributed by atoms with Crippen molar-refractivity contribution in [2.45, 2.75) is 21.4 Å². The van der Waals surface area contributed by atoms with Gasteiger partial charge < -0.3 is 4.74 Å². The van der Waals surface area contributed by atoms with Crippen molar-refractivity contribution in [2.24, 2.45) is 5.10 Å². The first-order chi connectivity index (χ1) is 14.2. The maximum absolute atomic E-state index is 11.9. The van der Waals surface area contributed by atoms with Gasteiger partial charge in [0.1, 0.15) is 5.75 Å². The average Bonchev–Trinajstić information content (AvgIpc) is 3.21. The summed E-state index contributed by atoms with van der Waals surface area (Å²) in [6.07, 6.45) is 1.60. The smallest absolute Gasteiger partial charge is 0.250 e. The van der Waals surface area contributed by atoms with Crippen LogP contribution in [-0.4, -0.2) is 34.7 Å². The van der Waals surface area contributed by atoms with Crippen molar-refractivity contribution in [3.63, 3.8) is 0 Å². The zero-order chi connectivity index (χ0) is 20.3. The van der Waals surface area contributed by atoms with Crippen LogP contribution in [0.4, 0.5) is 0 Å². The number of hydrazone groups is 1. The van der Waals surface area contributed by atoms with E-state index in [1.807, 2.05) is 49.4 Å². The van der Waals surface area contributed by atoms with Gasteiger partial charge in [-0.15, -0.1) is 10.2 Å². The minimum absolute atomic E-state index is 0.189. The third-order valence-corrected chi connectivity index (χ3v) is 6.77. The van der Waals surface area contributed by atoms with Crippen LogP contribution >= 0.6 is 34.9 Å². The molecule has 0 spiro atoms. The Labute approximate surface area is 182 Å². The maximum Gasteiger partial charge on any atom is 0.250 e. The number of aromatic nitrogens is 2. The summed E-state index contributed by atoms with van der Waals surface area (Å²) in [6, 6.07) is 17.7. The number of hydrogen-bond donors (Lipinski definition) is 1. The van der Waals surface area contributed by atoms with Crippen molar-refractivity contribution >= 4 is 47.0 Å². The van der Waals surface area contributed by atoms with Gasteiger partial charge >= 0.3 is 0 Å². The van der Waals surface area contributed by atoms with Crippen LogP contribution in [0.3, 0.4) is 0 Å². The molecule has 0 saturated carbocycles. The Bertz CT molecular complexity index is 930. The molecule has 6 nitrogen and oxygen atoms in total. The van der Waals surface area contributed by atoms with E-state index in [2.05, 4.69) is 32.9 Å². The molecule has 1 amide bonds. The van der Waals surface area contributed by atoms with E-state index in [1.54, 1.807) is 18.0 Å². The van der Waals surface area contributed by atoms with E-state index in [0.717, 1.165) is 25.7 Å². The fourth-order valence-corrected chi connectivity index (χ4v) is 4.96. The predicted octanol–water partition coefficient (Wildman–Crippen LogP) is 4.47. The van der Waals surface area contributed by atoms with Crippen LogP contribution in [0.2, 0.25) is 0 Å². The lowest BCUT2D eigenvalue weighted by atomic mass is 10.2. The molecule has 0 atom stereocenters. The summed E-state index contributed by atoms with van der Waals surface area (Å²) in [7, 11) is 0. The number of benzene rings is 2. The van der Waals surface area contributed by atoms with Crippen molar-refractivity contribution in [1.29, 1.82) is 0 Å². The van der Waals surface area contributed by atoms with Crippen molar-refractivity contribution < 1.29 is 9.53 Å². The van der Waals surface area contributed by atoms with E-state index in [-0.39, 0.29) is 11.7 Å². The van der Waals surface area contributed by atoms with Crippen molar-refractivity contribution in [3.8, 4) is 5.75 Å². The summed E-state index contributed by atoms with van der Waals surface area (Å²) in [5, 5.41) is 12.3. The topological polar surface area (TPSA) is 76.5 Å². The molecule has 1 heterocycles. The molecule has 0 radical (unpaired) electrons. The highest BCUT2D eigenvalue weighted by Gasteiger charge is 2.08. The van der Waals surface area contributed by atoms with Crippen LogP contribution in [0, 0.1) is 0 Å². The van der Waals surface area contributed by atoms with Crippen LogP contribution < -0.4 is 10.2 Å². The van der Waals surface area contributed by atoms with E-state index in [1.165, 1.54) is 28.7 Å². The van der Waals surface area contributed by atoms with E-state index < -0.39 is 0 Å². The molecule has 0 bridgehead atoms. The van der Waals surface area contributed by atoms with E-state index in [9.17, 15) is 4.79 Å². The molecule has 0 saturated heterocycles. The van der Waals surface area contributed by atoms with Crippen LogP contribution in [-0.2, 0) is 10.5 Å². The lowest BCUT2D eigenvalue weighted by molar-refractivity contribution is -0.118. The summed E-state index contributed by atoms with van der Waals surface area (Å²) in [6.45, 7) is 2.57. The normalized spacial score (nSPS) is 10.9. The molecule has 2 aromatic carbocycles. The Morgan fingerprint density at radius 1 is 1.10 bits per heavy atom. The minimum atomic E-state index is -0.189. The molecular formula is C20H20N4O2S3. The van der Waals surface area contributed by atoms with Crippen LogP contribution in [0.5, 0.6) is 5.75 Å². The number of nitrogens with zero attached hydrogens (tertiary/aromatic N) is 3. The van der Waals surface area contributed by atoms with Gasteiger partial charge in [-0.2, -0.15) is 5.10 Å². The predicted molar refractivity (Wildman–Crippen MR) is 120 cm³/mol. The zero-order valence-corrected chi connectivity index (χ0v) is 18.2. The molecule has 0 unspecified atom stereocenters. The first-order valence-corrected chi connectivity index (χ1v) is 11.7. The molecule has 1 aromatic heterocycles. The number of hydrogen-bond acceptors (Lipinski definition) is 8. The summed E-state index contributed by atoms with van der Waals surface area (Å²) < 4.78 is 7.05. The Balaban J connectivity index is 1.38. The Hall–Kier alpha value is -2.36. The summed E-state index contributed by atoms with van der Waals surface area (Å²) >= 11 is 4.49. The standard InChI is InChI=1S/C20H20N4O2S3/c1-2-26-17-10-8-15(9-11-17)12-21-22-18(25)14-28-20-24-23-19(29-20)27-13-16-6-4-3-5-7-16/h3-12H,2,13-14H2,1H3,(H,22,25). The van der Waals surface area contributed by atoms with Crippen molar-refractivity contribution in [1.82, 2.24) is 15.6 Å². The fourth-order valence-electron chi connectivity index (χ4n) is 2.19. The molecule has 0 aliphatic carbocycles. The largest absolute Gasteiger partial charge is 0.494 e. The first kappa shape index (κ1) is 21.4. The van der Waals surface area contributed by atoms with Crippen LogP contribution in [0.25, 0.3) is 0 Å². The number of rotatable bonds is 10. The molecule has 3 rings (SSSR count). The number of thioether (sulfide) groups is 2. The van der Waals surface area contributed by atoms with Gasteiger partial charge in [-0.3, -0.25) is 4.79 Å². The lowest BCUT2D eigenvalue weighted by Crippen LogP contribution is -2.19. The van der Waals surface area contributed by atoms with Gasteiger partial charge in [-0.1, -0.05) is 65.2 Å². The van der Waals surface area contributed by atoms with Gasteiger partial charge in [-0.25, -0.2) is 5.43 Å². The molecule has 9 heteroatoms. The Kier molecular flexibility index (Phi) is 8.54. The Morgan fingerprint density at radius 3 is 2.55 bits per heavy atom. The third-order valence-electron chi connectivity index (χ3n) is 3.51.